The molecule has 1 aromatic carbocycles. The van der Waals surface area contributed by atoms with E-state index in [0.29, 0.717) is 0 Å². The molecule has 2 heteroatoms. The number of hydrogen-bond acceptors (Lipinski definition) is 2. The predicted octanol–water partition coefficient (Wildman–Crippen LogP) is 5.23. The normalized spacial score (nSPS) is 16.5. The standard InChI is InChI=1S/C24H34N2/c1-17(2)23(25-15-21-13-9-7-11-19(21)5)24(18(3)4)26-16-22-14-10-8-12-20(22)6/h7,9-11,13-14,23-26H,1,3,8,12,15-16H2,2,4-6H3/t23-,24-/m0/s1. The van der Waals surface area contributed by atoms with Crippen LogP contribution in [0.1, 0.15) is 44.7 Å². The van der Waals surface area contributed by atoms with Crippen LogP contribution in [0.5, 0.6) is 0 Å². The minimum atomic E-state index is 0.153. The second kappa shape index (κ2) is 9.70. The molecule has 0 saturated carbocycles. The zero-order chi connectivity index (χ0) is 19.1. The van der Waals surface area contributed by atoms with Crippen LogP contribution in [-0.2, 0) is 6.54 Å². The van der Waals surface area contributed by atoms with Gasteiger partial charge in [0.05, 0.1) is 0 Å². The Balaban J connectivity index is 2.08. The zero-order valence-corrected chi connectivity index (χ0v) is 16.9. The highest BCUT2D eigenvalue weighted by Crippen LogP contribution is 2.19. The van der Waals surface area contributed by atoms with E-state index in [4.69, 9.17) is 0 Å². The van der Waals surface area contributed by atoms with E-state index >= 15 is 0 Å². The number of aryl methyl sites for hydroxylation is 1. The van der Waals surface area contributed by atoms with Crippen LogP contribution in [0.3, 0.4) is 0 Å². The lowest BCUT2D eigenvalue weighted by Gasteiger charge is -2.31. The molecule has 0 amide bonds. The molecule has 2 N–H and O–H groups in total. The van der Waals surface area contributed by atoms with Gasteiger partial charge >= 0.3 is 0 Å². The van der Waals surface area contributed by atoms with Crippen LogP contribution in [-0.4, -0.2) is 18.6 Å². The molecule has 2 atom stereocenters. The summed E-state index contributed by atoms with van der Waals surface area (Å²) in [5.41, 5.74) is 7.79. The molecule has 140 valence electrons. The molecule has 0 saturated heterocycles. The maximum Gasteiger partial charge on any atom is 0.0471 e. The fraction of sp³-hybridized carbons (Fsp3) is 0.417. The molecule has 0 bridgehead atoms. The first-order chi connectivity index (χ1) is 12.4. The van der Waals surface area contributed by atoms with Gasteiger partial charge in [-0.3, -0.25) is 0 Å². The first kappa shape index (κ1) is 20.4. The van der Waals surface area contributed by atoms with Crippen molar-refractivity contribution in [3.05, 3.63) is 83.0 Å². The van der Waals surface area contributed by atoms with Crippen molar-refractivity contribution in [2.45, 2.75) is 59.2 Å². The predicted molar refractivity (Wildman–Crippen MR) is 114 cm³/mol. The summed E-state index contributed by atoms with van der Waals surface area (Å²) >= 11 is 0. The van der Waals surface area contributed by atoms with Gasteiger partial charge in [-0.25, -0.2) is 0 Å². The Morgan fingerprint density at radius 2 is 1.62 bits per heavy atom. The van der Waals surface area contributed by atoms with Gasteiger partial charge in [0.25, 0.3) is 0 Å². The molecular formula is C24H34N2. The highest BCUT2D eigenvalue weighted by Gasteiger charge is 2.22. The maximum absolute atomic E-state index is 4.24. The smallest absolute Gasteiger partial charge is 0.0471 e. The van der Waals surface area contributed by atoms with E-state index in [0.717, 1.165) is 30.7 Å². The monoisotopic (exact) mass is 350 g/mol. The van der Waals surface area contributed by atoms with Crippen LogP contribution in [0.15, 0.2) is 71.9 Å². The average Bonchev–Trinajstić information content (AvgIpc) is 2.59. The Labute approximate surface area is 159 Å². The number of nitrogens with one attached hydrogen (secondary N) is 2. The van der Waals surface area contributed by atoms with Crippen LogP contribution in [0, 0.1) is 6.92 Å². The Bertz CT molecular complexity index is 709. The van der Waals surface area contributed by atoms with E-state index in [2.05, 4.69) is 87.9 Å². The summed E-state index contributed by atoms with van der Waals surface area (Å²) < 4.78 is 0. The second-order valence-electron chi connectivity index (χ2n) is 7.58. The lowest BCUT2D eigenvalue weighted by atomic mass is 9.94. The van der Waals surface area contributed by atoms with E-state index in [-0.39, 0.29) is 12.1 Å². The third-order valence-electron chi connectivity index (χ3n) is 5.23. The molecule has 0 spiro atoms. The minimum Gasteiger partial charge on any atom is -0.305 e. The molecule has 0 unspecified atom stereocenters. The van der Waals surface area contributed by atoms with Crippen molar-refractivity contribution >= 4 is 0 Å². The van der Waals surface area contributed by atoms with Crippen molar-refractivity contribution < 1.29 is 0 Å². The summed E-state index contributed by atoms with van der Waals surface area (Å²) in [5.74, 6) is 0. The molecule has 0 aliphatic heterocycles. The van der Waals surface area contributed by atoms with Gasteiger partial charge in [-0.1, -0.05) is 66.3 Å². The van der Waals surface area contributed by atoms with Gasteiger partial charge in [0.1, 0.15) is 0 Å². The van der Waals surface area contributed by atoms with E-state index in [1.54, 1.807) is 0 Å². The summed E-state index contributed by atoms with van der Waals surface area (Å²) in [4.78, 5) is 0. The molecule has 26 heavy (non-hydrogen) atoms. The van der Waals surface area contributed by atoms with Gasteiger partial charge in [-0.05, 0) is 57.2 Å². The van der Waals surface area contributed by atoms with E-state index in [1.807, 2.05) is 0 Å². The van der Waals surface area contributed by atoms with Crippen LogP contribution in [0.25, 0.3) is 0 Å². The molecular weight excluding hydrogens is 316 g/mol. The van der Waals surface area contributed by atoms with E-state index in [9.17, 15) is 0 Å². The quantitative estimate of drug-likeness (QED) is 0.596. The van der Waals surface area contributed by atoms with Gasteiger partial charge < -0.3 is 10.6 Å². The summed E-state index contributed by atoms with van der Waals surface area (Å²) in [7, 11) is 0. The van der Waals surface area contributed by atoms with Gasteiger partial charge in [-0.15, -0.1) is 0 Å². The zero-order valence-electron chi connectivity index (χ0n) is 16.9. The molecule has 0 heterocycles. The van der Waals surface area contributed by atoms with Gasteiger partial charge in [0.2, 0.25) is 0 Å². The van der Waals surface area contributed by atoms with E-state index < -0.39 is 0 Å². The topological polar surface area (TPSA) is 24.1 Å². The van der Waals surface area contributed by atoms with Gasteiger partial charge in [0.15, 0.2) is 0 Å². The van der Waals surface area contributed by atoms with Crippen LogP contribution >= 0.6 is 0 Å². The van der Waals surface area contributed by atoms with Crippen molar-refractivity contribution in [2.24, 2.45) is 0 Å². The van der Waals surface area contributed by atoms with E-state index in [1.165, 1.54) is 28.7 Å². The molecule has 1 aliphatic rings. The lowest BCUT2D eigenvalue weighted by molar-refractivity contribution is 0.450. The number of benzene rings is 1. The fourth-order valence-electron chi connectivity index (χ4n) is 3.44. The Morgan fingerprint density at radius 3 is 2.19 bits per heavy atom. The summed E-state index contributed by atoms with van der Waals surface area (Å²) in [6, 6.07) is 8.83. The van der Waals surface area contributed by atoms with Crippen LogP contribution in [0.4, 0.5) is 0 Å². The summed E-state index contributed by atoms with van der Waals surface area (Å²) in [5, 5.41) is 7.42. The van der Waals surface area contributed by atoms with Gasteiger partial charge in [-0.2, -0.15) is 0 Å². The lowest BCUT2D eigenvalue weighted by Crippen LogP contribution is -2.49. The van der Waals surface area contributed by atoms with Crippen molar-refractivity contribution in [1.29, 1.82) is 0 Å². The highest BCUT2D eigenvalue weighted by atomic mass is 15.0. The SMILES string of the molecule is C=C(C)[C@H](NCC1=C(C)CCC=C1)[C@@H](NCc1ccccc1C)C(=C)C. The number of hydrogen-bond donors (Lipinski definition) is 2. The Kier molecular flexibility index (Phi) is 7.62. The summed E-state index contributed by atoms with van der Waals surface area (Å²) in [6.07, 6.45) is 6.86. The molecule has 1 aromatic rings. The Morgan fingerprint density at radius 1 is 1.00 bits per heavy atom. The third kappa shape index (κ3) is 5.55. The largest absolute Gasteiger partial charge is 0.305 e. The van der Waals surface area contributed by atoms with Gasteiger partial charge in [0, 0.05) is 25.2 Å². The number of allylic oxidation sites excluding steroid dienone is 2. The maximum atomic E-state index is 4.24. The first-order valence-electron chi connectivity index (χ1n) is 9.57. The molecule has 0 aromatic heterocycles. The molecule has 0 fully saturated rings. The van der Waals surface area contributed by atoms with Crippen molar-refractivity contribution in [3.8, 4) is 0 Å². The van der Waals surface area contributed by atoms with Crippen molar-refractivity contribution in [2.75, 3.05) is 6.54 Å². The summed E-state index contributed by atoms with van der Waals surface area (Å²) in [6.45, 7) is 18.8. The van der Waals surface area contributed by atoms with Crippen LogP contribution in [0.2, 0.25) is 0 Å². The Hall–Kier alpha value is -1.90. The third-order valence-corrected chi connectivity index (χ3v) is 5.23. The first-order valence-corrected chi connectivity index (χ1v) is 9.57. The van der Waals surface area contributed by atoms with Crippen molar-refractivity contribution in [3.63, 3.8) is 0 Å². The molecule has 2 nitrogen and oxygen atoms in total. The minimum absolute atomic E-state index is 0.153. The number of rotatable bonds is 9. The molecule has 1 aliphatic carbocycles. The highest BCUT2D eigenvalue weighted by molar-refractivity contribution is 5.31. The van der Waals surface area contributed by atoms with Crippen molar-refractivity contribution in [1.82, 2.24) is 10.6 Å². The average molecular weight is 351 g/mol. The second-order valence-corrected chi connectivity index (χ2v) is 7.58. The molecule has 0 radical (unpaired) electrons. The van der Waals surface area contributed by atoms with Crippen LogP contribution < -0.4 is 10.6 Å². The molecule has 2 rings (SSSR count). The fourth-order valence-corrected chi connectivity index (χ4v) is 3.44.